The van der Waals surface area contributed by atoms with Gasteiger partial charge < -0.3 is 10.1 Å². The number of carbonyl (C=O) groups excluding carboxylic acids is 2. The predicted molar refractivity (Wildman–Crippen MR) is 125 cm³/mol. The van der Waals surface area contributed by atoms with Gasteiger partial charge >= 0.3 is 6.03 Å². The first kappa shape index (κ1) is 23.3. The van der Waals surface area contributed by atoms with Crippen LogP contribution in [0.3, 0.4) is 0 Å². The normalized spacial score (nSPS) is 11.8. The molecule has 0 aliphatic heterocycles. The molecule has 3 amide bonds. The topological polar surface area (TPSA) is 98.1 Å². The number of para-hydroxylation sites is 1. The summed E-state index contributed by atoms with van der Waals surface area (Å²) in [5, 5.41) is 13.5. The molecule has 0 aliphatic carbocycles. The first-order valence-corrected chi connectivity index (χ1v) is 11.1. The highest BCUT2D eigenvalue weighted by Crippen LogP contribution is 2.34. The van der Waals surface area contributed by atoms with Gasteiger partial charge in [-0.1, -0.05) is 43.8 Å². The highest BCUT2D eigenvalue weighted by molar-refractivity contribution is 8.00. The Morgan fingerprint density at radius 2 is 1.72 bits per heavy atom. The second-order valence-electron chi connectivity index (χ2n) is 7.41. The van der Waals surface area contributed by atoms with Gasteiger partial charge in [-0.25, -0.2) is 4.79 Å². The summed E-state index contributed by atoms with van der Waals surface area (Å²) in [6.07, 6.45) is 0. The average molecular weight is 454 g/mol. The number of hydrogen-bond acceptors (Lipinski definition) is 6. The van der Waals surface area contributed by atoms with Gasteiger partial charge in [0.25, 0.3) is 0 Å². The number of aromatic nitrogens is 3. The number of urea groups is 1. The van der Waals surface area contributed by atoms with Crippen LogP contribution in [0, 0.1) is 0 Å². The molecule has 0 fully saturated rings. The van der Waals surface area contributed by atoms with Crippen molar-refractivity contribution in [2.45, 2.75) is 37.1 Å². The number of ether oxygens (including phenoxy) is 1. The maximum Gasteiger partial charge on any atom is 0.321 e. The lowest BCUT2D eigenvalue weighted by Gasteiger charge is -2.18. The third-order valence-electron chi connectivity index (χ3n) is 4.90. The van der Waals surface area contributed by atoms with Crippen molar-refractivity contribution in [1.29, 1.82) is 0 Å². The standard InChI is InChI=1S/C23H27N5O3S/c1-14(2)18-8-6-7-9-19(18)28-20(16-10-12-17(31-5)13-11-16)26-27-23(28)32-15(3)21(29)25-22(30)24-4/h6-15H,1-5H3,(H2,24,25,29,30). The third kappa shape index (κ3) is 5.11. The molecular weight excluding hydrogens is 426 g/mol. The van der Waals surface area contributed by atoms with Gasteiger partial charge in [0.15, 0.2) is 11.0 Å². The van der Waals surface area contributed by atoms with Gasteiger partial charge in [-0.3, -0.25) is 14.7 Å². The van der Waals surface area contributed by atoms with Crippen LogP contribution in [0.15, 0.2) is 53.7 Å². The molecule has 1 atom stereocenters. The Labute approximate surface area is 191 Å². The fraction of sp³-hybridized carbons (Fsp3) is 0.304. The minimum Gasteiger partial charge on any atom is -0.497 e. The van der Waals surface area contributed by atoms with Gasteiger partial charge in [0, 0.05) is 12.6 Å². The highest BCUT2D eigenvalue weighted by atomic mass is 32.2. The van der Waals surface area contributed by atoms with Crippen LogP contribution < -0.4 is 15.4 Å². The Balaban J connectivity index is 2.07. The molecule has 0 spiro atoms. The molecule has 32 heavy (non-hydrogen) atoms. The zero-order valence-corrected chi connectivity index (χ0v) is 19.6. The fourth-order valence-corrected chi connectivity index (χ4v) is 4.02. The fourth-order valence-electron chi connectivity index (χ4n) is 3.16. The van der Waals surface area contributed by atoms with Crippen LogP contribution in [0.4, 0.5) is 4.79 Å². The molecule has 0 saturated heterocycles. The minimum absolute atomic E-state index is 0.268. The van der Waals surface area contributed by atoms with Crippen LogP contribution in [0.25, 0.3) is 17.1 Å². The van der Waals surface area contributed by atoms with Crippen molar-refractivity contribution in [1.82, 2.24) is 25.4 Å². The SMILES string of the molecule is CNC(=O)NC(=O)C(C)Sc1nnc(-c2ccc(OC)cc2)n1-c1ccccc1C(C)C. The molecule has 2 N–H and O–H groups in total. The second-order valence-corrected chi connectivity index (χ2v) is 8.72. The second kappa shape index (κ2) is 10.3. The molecule has 168 valence electrons. The van der Waals surface area contributed by atoms with Crippen molar-refractivity contribution >= 4 is 23.7 Å². The van der Waals surface area contributed by atoms with E-state index in [9.17, 15) is 9.59 Å². The van der Waals surface area contributed by atoms with Crippen LogP contribution in [-0.2, 0) is 4.79 Å². The Bertz CT molecular complexity index is 1100. The summed E-state index contributed by atoms with van der Waals surface area (Å²) in [7, 11) is 3.08. The maximum atomic E-state index is 12.4. The predicted octanol–water partition coefficient (Wildman–Crippen LogP) is 4.00. The summed E-state index contributed by atoms with van der Waals surface area (Å²) in [6.45, 7) is 5.98. The van der Waals surface area contributed by atoms with Gasteiger partial charge in [0.1, 0.15) is 5.75 Å². The molecule has 9 heteroatoms. The van der Waals surface area contributed by atoms with Crippen LogP contribution in [-0.4, -0.2) is 46.1 Å². The summed E-state index contributed by atoms with van der Waals surface area (Å²) in [6, 6.07) is 15.1. The van der Waals surface area contributed by atoms with E-state index in [2.05, 4.69) is 40.7 Å². The lowest BCUT2D eigenvalue weighted by atomic mass is 10.0. The van der Waals surface area contributed by atoms with E-state index < -0.39 is 17.2 Å². The Hall–Kier alpha value is -3.33. The third-order valence-corrected chi connectivity index (χ3v) is 5.94. The molecule has 3 rings (SSSR count). The van der Waals surface area contributed by atoms with E-state index in [1.54, 1.807) is 14.0 Å². The number of nitrogens with one attached hydrogen (secondary N) is 2. The first-order valence-electron chi connectivity index (χ1n) is 10.2. The zero-order chi connectivity index (χ0) is 23.3. The Morgan fingerprint density at radius 3 is 2.34 bits per heavy atom. The number of hydrogen-bond donors (Lipinski definition) is 2. The maximum absolute atomic E-state index is 12.4. The van der Waals surface area contributed by atoms with Gasteiger partial charge in [0.2, 0.25) is 5.91 Å². The van der Waals surface area contributed by atoms with E-state index in [1.165, 1.54) is 18.8 Å². The smallest absolute Gasteiger partial charge is 0.321 e. The van der Waals surface area contributed by atoms with E-state index in [0.29, 0.717) is 11.0 Å². The van der Waals surface area contributed by atoms with Gasteiger partial charge in [0.05, 0.1) is 18.0 Å². The molecule has 1 heterocycles. The average Bonchev–Trinajstić information content (AvgIpc) is 3.22. The number of imide groups is 1. The van der Waals surface area contributed by atoms with Crippen molar-refractivity contribution in [2.75, 3.05) is 14.2 Å². The van der Waals surface area contributed by atoms with Crippen LogP contribution in [0.2, 0.25) is 0 Å². The number of methoxy groups -OCH3 is 1. The number of nitrogens with zero attached hydrogens (tertiary/aromatic N) is 3. The van der Waals surface area contributed by atoms with Crippen molar-refractivity contribution in [3.05, 3.63) is 54.1 Å². The molecule has 0 saturated carbocycles. The Kier molecular flexibility index (Phi) is 7.53. The molecular formula is C23H27N5O3S. The quantitative estimate of drug-likeness (QED) is 0.525. The van der Waals surface area contributed by atoms with Gasteiger partial charge in [-0.05, 0) is 48.7 Å². The number of amides is 3. The van der Waals surface area contributed by atoms with Crippen LogP contribution >= 0.6 is 11.8 Å². The number of carbonyl (C=O) groups is 2. The minimum atomic E-state index is -0.565. The van der Waals surface area contributed by atoms with E-state index >= 15 is 0 Å². The largest absolute Gasteiger partial charge is 0.497 e. The summed E-state index contributed by atoms with van der Waals surface area (Å²) in [5.41, 5.74) is 2.94. The molecule has 3 aromatic rings. The van der Waals surface area contributed by atoms with Crippen LogP contribution in [0.1, 0.15) is 32.3 Å². The van der Waals surface area contributed by atoms with Crippen LogP contribution in [0.5, 0.6) is 5.75 Å². The Morgan fingerprint density at radius 1 is 1.03 bits per heavy atom. The molecule has 0 radical (unpaired) electrons. The molecule has 1 aromatic heterocycles. The molecule has 8 nitrogen and oxygen atoms in total. The molecule has 2 aromatic carbocycles. The van der Waals surface area contributed by atoms with Crippen molar-refractivity contribution in [3.63, 3.8) is 0 Å². The van der Waals surface area contributed by atoms with Gasteiger partial charge in [-0.15, -0.1) is 10.2 Å². The van der Waals surface area contributed by atoms with Gasteiger partial charge in [-0.2, -0.15) is 0 Å². The summed E-state index contributed by atoms with van der Waals surface area (Å²) >= 11 is 1.24. The number of rotatable bonds is 7. The first-order chi connectivity index (χ1) is 15.3. The van der Waals surface area contributed by atoms with E-state index in [-0.39, 0.29) is 5.92 Å². The van der Waals surface area contributed by atoms with E-state index in [1.807, 2.05) is 47.0 Å². The van der Waals surface area contributed by atoms with E-state index in [4.69, 9.17) is 4.74 Å². The number of thioether (sulfide) groups is 1. The summed E-state index contributed by atoms with van der Waals surface area (Å²) in [5.74, 6) is 1.26. The summed E-state index contributed by atoms with van der Waals surface area (Å²) in [4.78, 5) is 24.0. The lowest BCUT2D eigenvalue weighted by molar-refractivity contribution is -0.119. The molecule has 0 aliphatic rings. The number of benzene rings is 2. The van der Waals surface area contributed by atoms with Crippen molar-refractivity contribution in [3.8, 4) is 22.8 Å². The summed E-state index contributed by atoms with van der Waals surface area (Å²) < 4.78 is 7.24. The molecule has 0 bridgehead atoms. The molecule has 1 unspecified atom stereocenters. The monoisotopic (exact) mass is 453 g/mol. The van der Waals surface area contributed by atoms with Crippen molar-refractivity contribution in [2.24, 2.45) is 0 Å². The lowest BCUT2D eigenvalue weighted by Crippen LogP contribution is -2.41. The zero-order valence-electron chi connectivity index (χ0n) is 18.7. The highest BCUT2D eigenvalue weighted by Gasteiger charge is 2.24. The van der Waals surface area contributed by atoms with E-state index in [0.717, 1.165) is 22.6 Å². The van der Waals surface area contributed by atoms with Crippen molar-refractivity contribution < 1.29 is 14.3 Å².